The molecule has 0 aromatic carbocycles. The van der Waals surface area contributed by atoms with Gasteiger partial charge in [0.25, 0.3) is 0 Å². The van der Waals surface area contributed by atoms with E-state index in [4.69, 9.17) is 9.47 Å². The molecule has 1 aliphatic carbocycles. The average Bonchev–Trinajstić information content (AvgIpc) is 3.05. The molecule has 2 aliphatic rings. The highest BCUT2D eigenvalue weighted by Gasteiger charge is 2.44. The number of nitrogens with zero attached hydrogens (tertiary/aromatic N) is 5. The van der Waals surface area contributed by atoms with Crippen LogP contribution in [0.3, 0.4) is 0 Å². The number of morpholine rings is 1. The van der Waals surface area contributed by atoms with Crippen molar-refractivity contribution in [3.63, 3.8) is 0 Å². The lowest BCUT2D eigenvalue weighted by Crippen LogP contribution is -2.53. The van der Waals surface area contributed by atoms with E-state index in [1.807, 2.05) is 0 Å². The van der Waals surface area contributed by atoms with E-state index >= 15 is 0 Å². The average molecular weight is 323 g/mol. The topological polar surface area (TPSA) is 82.4 Å². The van der Waals surface area contributed by atoms with Crippen molar-refractivity contribution in [2.75, 3.05) is 32.9 Å². The molecular formula is C15H25N5O3. The number of esters is 1. The third kappa shape index (κ3) is 3.37. The molecule has 0 atom stereocenters. The summed E-state index contributed by atoms with van der Waals surface area (Å²) in [5.74, 6) is 0.501. The number of tetrazole rings is 1. The normalized spacial score (nSPS) is 22.0. The summed E-state index contributed by atoms with van der Waals surface area (Å²) in [6, 6.07) is 0. The van der Waals surface area contributed by atoms with Crippen LogP contribution in [0.5, 0.6) is 0 Å². The van der Waals surface area contributed by atoms with Crippen LogP contribution in [0.2, 0.25) is 0 Å². The first kappa shape index (κ1) is 16.3. The molecule has 1 aromatic rings. The smallest absolute Gasteiger partial charge is 0.327 e. The number of aromatic nitrogens is 4. The molecule has 23 heavy (non-hydrogen) atoms. The van der Waals surface area contributed by atoms with Crippen molar-refractivity contribution in [3.05, 3.63) is 5.82 Å². The van der Waals surface area contributed by atoms with E-state index in [2.05, 4.69) is 20.4 Å². The van der Waals surface area contributed by atoms with Gasteiger partial charge in [0.2, 0.25) is 0 Å². The van der Waals surface area contributed by atoms with Gasteiger partial charge in [-0.2, -0.15) is 0 Å². The maximum atomic E-state index is 11.9. The lowest BCUT2D eigenvalue weighted by Gasteiger charge is -2.46. The summed E-state index contributed by atoms with van der Waals surface area (Å²) < 4.78 is 12.2. The maximum Gasteiger partial charge on any atom is 0.327 e. The first-order chi connectivity index (χ1) is 11.3. The van der Waals surface area contributed by atoms with Crippen LogP contribution in [0, 0.1) is 0 Å². The number of rotatable bonds is 5. The van der Waals surface area contributed by atoms with Gasteiger partial charge >= 0.3 is 5.97 Å². The monoisotopic (exact) mass is 323 g/mol. The van der Waals surface area contributed by atoms with E-state index < -0.39 is 0 Å². The lowest BCUT2D eigenvalue weighted by molar-refractivity contribution is -0.144. The number of hydrogen-bond acceptors (Lipinski definition) is 7. The minimum absolute atomic E-state index is 0.0717. The van der Waals surface area contributed by atoms with Crippen molar-refractivity contribution in [1.29, 1.82) is 0 Å². The van der Waals surface area contributed by atoms with E-state index in [0.29, 0.717) is 6.61 Å². The Hall–Kier alpha value is -1.54. The molecule has 0 bridgehead atoms. The summed E-state index contributed by atoms with van der Waals surface area (Å²) >= 11 is 0. The van der Waals surface area contributed by atoms with Crippen molar-refractivity contribution >= 4 is 5.97 Å². The second-order valence-electron chi connectivity index (χ2n) is 6.16. The van der Waals surface area contributed by atoms with Crippen LogP contribution < -0.4 is 0 Å². The van der Waals surface area contributed by atoms with Crippen LogP contribution in [0.25, 0.3) is 0 Å². The molecular weight excluding hydrogens is 298 g/mol. The summed E-state index contributed by atoms with van der Waals surface area (Å²) in [6.45, 7) is 5.48. The predicted octanol–water partition coefficient (Wildman–Crippen LogP) is 0.728. The third-order valence-corrected chi connectivity index (χ3v) is 4.83. The molecule has 8 heteroatoms. The Kier molecular flexibility index (Phi) is 5.22. The molecule has 1 saturated carbocycles. The fourth-order valence-corrected chi connectivity index (χ4v) is 3.78. The quantitative estimate of drug-likeness (QED) is 0.739. The highest BCUT2D eigenvalue weighted by atomic mass is 16.5. The minimum Gasteiger partial charge on any atom is -0.465 e. The van der Waals surface area contributed by atoms with E-state index in [0.717, 1.165) is 57.8 Å². The fraction of sp³-hybridized carbons (Fsp3) is 0.867. The molecule has 8 nitrogen and oxygen atoms in total. The van der Waals surface area contributed by atoms with Crippen LogP contribution in [0.15, 0.2) is 0 Å². The number of carbonyl (C=O) groups excluding carboxylic acids is 1. The molecule has 1 aliphatic heterocycles. The molecule has 0 N–H and O–H groups in total. The van der Waals surface area contributed by atoms with Gasteiger partial charge in [-0.1, -0.05) is 19.3 Å². The van der Waals surface area contributed by atoms with Crippen molar-refractivity contribution in [2.45, 2.75) is 51.1 Å². The molecule has 0 spiro atoms. The predicted molar refractivity (Wildman–Crippen MR) is 81.6 cm³/mol. The third-order valence-electron chi connectivity index (χ3n) is 4.83. The number of carbonyl (C=O) groups is 1. The summed E-state index contributed by atoms with van der Waals surface area (Å²) in [7, 11) is 0. The molecule has 1 aromatic heterocycles. The lowest BCUT2D eigenvalue weighted by atomic mass is 9.79. The van der Waals surface area contributed by atoms with E-state index in [1.165, 1.54) is 6.42 Å². The van der Waals surface area contributed by atoms with Crippen molar-refractivity contribution in [3.8, 4) is 0 Å². The van der Waals surface area contributed by atoms with Crippen LogP contribution in [-0.2, 0) is 26.4 Å². The van der Waals surface area contributed by atoms with Gasteiger partial charge in [0.05, 0.1) is 25.4 Å². The number of hydrogen-bond donors (Lipinski definition) is 0. The van der Waals surface area contributed by atoms with Crippen molar-refractivity contribution in [2.24, 2.45) is 0 Å². The van der Waals surface area contributed by atoms with Crippen LogP contribution >= 0.6 is 0 Å². The Morgan fingerprint density at radius 1 is 1.26 bits per heavy atom. The van der Waals surface area contributed by atoms with Gasteiger partial charge in [-0.05, 0) is 30.2 Å². The van der Waals surface area contributed by atoms with Gasteiger partial charge in [-0.3, -0.25) is 9.69 Å². The van der Waals surface area contributed by atoms with Crippen molar-refractivity contribution in [1.82, 2.24) is 25.1 Å². The van der Waals surface area contributed by atoms with Gasteiger partial charge in [-0.15, -0.1) is 5.10 Å². The molecule has 0 unspecified atom stereocenters. The van der Waals surface area contributed by atoms with Crippen LogP contribution in [0.1, 0.15) is 44.9 Å². The Balaban J connectivity index is 1.88. The Bertz CT molecular complexity index is 521. The van der Waals surface area contributed by atoms with E-state index in [1.54, 1.807) is 11.6 Å². The highest BCUT2D eigenvalue weighted by molar-refractivity contribution is 5.69. The summed E-state index contributed by atoms with van der Waals surface area (Å²) in [5.41, 5.74) is -0.183. The zero-order valence-electron chi connectivity index (χ0n) is 13.7. The molecule has 0 radical (unpaired) electrons. The first-order valence-corrected chi connectivity index (χ1v) is 8.51. The van der Waals surface area contributed by atoms with Gasteiger partial charge in [-0.25, -0.2) is 4.68 Å². The standard InChI is InChI=1S/C15H25N5O3/c1-2-23-13(21)12-20-14(16-17-18-20)15(6-4-3-5-7-15)19-8-10-22-11-9-19/h2-12H2,1H3. The second kappa shape index (κ2) is 7.35. The molecule has 3 rings (SSSR count). The molecule has 2 fully saturated rings. The molecule has 128 valence electrons. The first-order valence-electron chi connectivity index (χ1n) is 8.51. The summed E-state index contributed by atoms with van der Waals surface area (Å²) in [4.78, 5) is 14.3. The van der Waals surface area contributed by atoms with Crippen LogP contribution in [0.4, 0.5) is 0 Å². The van der Waals surface area contributed by atoms with Gasteiger partial charge in [0, 0.05) is 13.1 Å². The van der Waals surface area contributed by atoms with E-state index in [9.17, 15) is 4.79 Å². The maximum absolute atomic E-state index is 11.9. The summed E-state index contributed by atoms with van der Waals surface area (Å²) in [6.07, 6.45) is 5.60. The number of ether oxygens (including phenoxy) is 2. The Labute approximate surface area is 136 Å². The van der Waals surface area contributed by atoms with Gasteiger partial charge in [0.1, 0.15) is 6.54 Å². The highest BCUT2D eigenvalue weighted by Crippen LogP contribution is 2.41. The molecule has 2 heterocycles. The van der Waals surface area contributed by atoms with Crippen LogP contribution in [-0.4, -0.2) is 64.0 Å². The Morgan fingerprint density at radius 3 is 2.70 bits per heavy atom. The Morgan fingerprint density at radius 2 is 2.00 bits per heavy atom. The summed E-state index contributed by atoms with van der Waals surface area (Å²) in [5, 5.41) is 12.2. The zero-order valence-corrected chi connectivity index (χ0v) is 13.7. The SMILES string of the molecule is CCOC(=O)Cn1nnnc1C1(N2CCOCC2)CCCCC1. The zero-order chi connectivity index (χ0) is 16.1. The van der Waals surface area contributed by atoms with Gasteiger partial charge < -0.3 is 9.47 Å². The molecule has 0 amide bonds. The second-order valence-corrected chi connectivity index (χ2v) is 6.16. The van der Waals surface area contributed by atoms with E-state index in [-0.39, 0.29) is 18.1 Å². The largest absolute Gasteiger partial charge is 0.465 e. The van der Waals surface area contributed by atoms with Crippen molar-refractivity contribution < 1.29 is 14.3 Å². The fourth-order valence-electron chi connectivity index (χ4n) is 3.78. The molecule has 1 saturated heterocycles. The minimum atomic E-state index is -0.297. The van der Waals surface area contributed by atoms with Gasteiger partial charge in [0.15, 0.2) is 5.82 Å².